The van der Waals surface area contributed by atoms with E-state index in [0.29, 0.717) is 6.54 Å². The Hall–Kier alpha value is -2.38. The zero-order chi connectivity index (χ0) is 14.9. The van der Waals surface area contributed by atoms with Gasteiger partial charge >= 0.3 is 0 Å². The van der Waals surface area contributed by atoms with Crippen LogP contribution in [0.2, 0.25) is 0 Å². The normalized spacial score (nSPS) is 13.3. The zero-order valence-electron chi connectivity index (χ0n) is 12.5. The van der Waals surface area contributed by atoms with E-state index in [1.165, 1.54) is 38.6 Å². The van der Waals surface area contributed by atoms with Crippen LogP contribution in [-0.4, -0.2) is 0 Å². The minimum absolute atomic E-state index is 0.563. The number of rotatable bonds is 2. The fraction of sp³-hybridized carbons (Fsp3) is 0.143. The lowest BCUT2D eigenvalue weighted by Crippen LogP contribution is -2.01. The molecule has 1 aliphatic carbocycles. The van der Waals surface area contributed by atoms with Crippen LogP contribution in [0.4, 0.5) is 0 Å². The van der Waals surface area contributed by atoms with Crippen molar-refractivity contribution < 1.29 is 0 Å². The Morgan fingerprint density at radius 3 is 2.77 bits per heavy atom. The third-order valence-corrected chi connectivity index (χ3v) is 4.58. The van der Waals surface area contributed by atoms with Gasteiger partial charge in [-0.3, -0.25) is 0 Å². The van der Waals surface area contributed by atoms with Crippen molar-refractivity contribution in [1.29, 1.82) is 0 Å². The van der Waals surface area contributed by atoms with E-state index in [-0.39, 0.29) is 0 Å². The molecule has 1 aliphatic rings. The highest BCUT2D eigenvalue weighted by Crippen LogP contribution is 2.32. The first-order valence-corrected chi connectivity index (χ1v) is 7.87. The van der Waals surface area contributed by atoms with Crippen molar-refractivity contribution >= 4 is 16.8 Å². The maximum atomic E-state index is 6.08. The first-order chi connectivity index (χ1) is 10.9. The number of aryl methyl sites for hydroxylation is 1. The monoisotopic (exact) mass is 285 g/mol. The summed E-state index contributed by atoms with van der Waals surface area (Å²) in [6, 6.07) is 19.7. The summed E-state index contributed by atoms with van der Waals surface area (Å²) in [5.74, 6) is 0. The molecule has 0 spiro atoms. The number of hydrogen-bond acceptors (Lipinski definition) is 1. The van der Waals surface area contributed by atoms with Crippen LogP contribution in [0.3, 0.4) is 0 Å². The topological polar surface area (TPSA) is 26.0 Å². The van der Waals surface area contributed by atoms with Gasteiger partial charge in [0.25, 0.3) is 0 Å². The van der Waals surface area contributed by atoms with Crippen LogP contribution in [0.15, 0.2) is 60.7 Å². The molecular formula is C21H19N. The molecule has 0 aromatic heterocycles. The maximum absolute atomic E-state index is 6.08. The predicted octanol–water partition coefficient (Wildman–Crippen LogP) is 4.92. The summed E-state index contributed by atoms with van der Waals surface area (Å²) >= 11 is 0. The summed E-state index contributed by atoms with van der Waals surface area (Å²) in [7, 11) is 0. The summed E-state index contributed by atoms with van der Waals surface area (Å²) in [4.78, 5) is 0. The smallest absolute Gasteiger partial charge is 0.0190 e. The molecule has 0 atom stereocenters. The van der Waals surface area contributed by atoms with E-state index in [2.05, 4.69) is 66.7 Å². The van der Waals surface area contributed by atoms with Crippen molar-refractivity contribution in [1.82, 2.24) is 0 Å². The Balaban J connectivity index is 1.92. The van der Waals surface area contributed by atoms with Gasteiger partial charge in [0.05, 0.1) is 0 Å². The predicted molar refractivity (Wildman–Crippen MR) is 94.6 cm³/mol. The summed E-state index contributed by atoms with van der Waals surface area (Å²) in [5.41, 5.74) is 12.7. The second kappa shape index (κ2) is 5.43. The number of allylic oxidation sites excluding steroid dienone is 1. The Kier molecular flexibility index (Phi) is 3.28. The molecule has 108 valence electrons. The highest BCUT2D eigenvalue weighted by molar-refractivity contribution is 5.92. The van der Waals surface area contributed by atoms with Crippen molar-refractivity contribution in [3.8, 4) is 11.1 Å². The van der Waals surface area contributed by atoms with E-state index in [9.17, 15) is 0 Å². The van der Waals surface area contributed by atoms with Crippen LogP contribution >= 0.6 is 0 Å². The van der Waals surface area contributed by atoms with E-state index < -0.39 is 0 Å². The molecule has 2 N–H and O–H groups in total. The lowest BCUT2D eigenvalue weighted by atomic mass is 9.90. The highest BCUT2D eigenvalue weighted by atomic mass is 14.5. The Morgan fingerprint density at radius 2 is 1.86 bits per heavy atom. The maximum Gasteiger partial charge on any atom is 0.0190 e. The van der Waals surface area contributed by atoms with Crippen LogP contribution in [0.25, 0.3) is 28.0 Å². The molecule has 3 aromatic rings. The Bertz CT molecular complexity index is 874. The third-order valence-electron chi connectivity index (χ3n) is 4.58. The summed E-state index contributed by atoms with van der Waals surface area (Å²) in [6.45, 7) is 0.563. The van der Waals surface area contributed by atoms with Crippen molar-refractivity contribution in [2.45, 2.75) is 19.4 Å². The van der Waals surface area contributed by atoms with E-state index in [4.69, 9.17) is 5.73 Å². The molecule has 0 amide bonds. The quantitative estimate of drug-likeness (QED) is 0.710. The number of nitrogens with two attached hydrogens (primary N) is 1. The first-order valence-electron chi connectivity index (χ1n) is 7.87. The second-order valence-corrected chi connectivity index (χ2v) is 5.87. The van der Waals surface area contributed by atoms with Gasteiger partial charge in [0.15, 0.2) is 0 Å². The fourth-order valence-corrected chi connectivity index (χ4v) is 3.43. The van der Waals surface area contributed by atoms with E-state index in [1.54, 1.807) is 0 Å². The van der Waals surface area contributed by atoms with Gasteiger partial charge in [-0.2, -0.15) is 0 Å². The average Bonchev–Trinajstić information content (AvgIpc) is 2.60. The third kappa shape index (κ3) is 2.15. The molecule has 0 bridgehead atoms. The molecular weight excluding hydrogens is 266 g/mol. The van der Waals surface area contributed by atoms with Gasteiger partial charge in [-0.25, -0.2) is 0 Å². The molecule has 0 heterocycles. The minimum atomic E-state index is 0.563. The van der Waals surface area contributed by atoms with E-state index >= 15 is 0 Å². The van der Waals surface area contributed by atoms with E-state index in [1.807, 2.05) is 0 Å². The molecule has 3 aromatic carbocycles. The van der Waals surface area contributed by atoms with Crippen molar-refractivity contribution in [2.75, 3.05) is 0 Å². The molecule has 4 rings (SSSR count). The number of hydrogen-bond donors (Lipinski definition) is 1. The summed E-state index contributed by atoms with van der Waals surface area (Å²) in [5, 5.41) is 2.52. The standard InChI is InChI=1S/C21H19N/c22-14-21-19-8-4-3-6-16(19)11-12-20(21)18-10-9-15-5-1-2-7-17(15)13-18/h1,3-6,8-13H,2,7,14,22H2. The molecule has 0 aliphatic heterocycles. The average molecular weight is 285 g/mol. The highest BCUT2D eigenvalue weighted by Gasteiger charge is 2.11. The lowest BCUT2D eigenvalue weighted by Gasteiger charge is -2.15. The Labute approximate surface area is 131 Å². The molecule has 22 heavy (non-hydrogen) atoms. The van der Waals surface area contributed by atoms with Crippen molar-refractivity contribution in [3.63, 3.8) is 0 Å². The second-order valence-electron chi connectivity index (χ2n) is 5.87. The number of fused-ring (bicyclic) bond motifs is 2. The molecule has 1 heteroatoms. The van der Waals surface area contributed by atoms with Gasteiger partial charge in [-0.05, 0) is 51.4 Å². The fourth-order valence-electron chi connectivity index (χ4n) is 3.43. The van der Waals surface area contributed by atoms with Crippen LogP contribution in [0, 0.1) is 0 Å². The Morgan fingerprint density at radius 1 is 0.955 bits per heavy atom. The molecule has 0 fully saturated rings. The van der Waals surface area contributed by atoms with Crippen LogP contribution < -0.4 is 5.73 Å². The molecule has 0 saturated carbocycles. The van der Waals surface area contributed by atoms with Crippen molar-refractivity contribution in [2.24, 2.45) is 5.73 Å². The lowest BCUT2D eigenvalue weighted by molar-refractivity contribution is 0.986. The van der Waals surface area contributed by atoms with Crippen LogP contribution in [0.5, 0.6) is 0 Å². The summed E-state index contributed by atoms with van der Waals surface area (Å²) < 4.78 is 0. The SMILES string of the molecule is NCc1c(-c2ccc3c(c2)CCC=C3)ccc2ccccc12. The number of benzene rings is 3. The largest absolute Gasteiger partial charge is 0.326 e. The molecule has 0 saturated heterocycles. The van der Waals surface area contributed by atoms with Crippen LogP contribution in [0.1, 0.15) is 23.1 Å². The van der Waals surface area contributed by atoms with Gasteiger partial charge in [-0.15, -0.1) is 0 Å². The minimum Gasteiger partial charge on any atom is -0.326 e. The van der Waals surface area contributed by atoms with Gasteiger partial charge < -0.3 is 5.73 Å². The van der Waals surface area contributed by atoms with E-state index in [0.717, 1.165) is 12.8 Å². The zero-order valence-corrected chi connectivity index (χ0v) is 12.5. The van der Waals surface area contributed by atoms with Crippen molar-refractivity contribution in [3.05, 3.63) is 77.4 Å². The van der Waals surface area contributed by atoms with Crippen LogP contribution in [-0.2, 0) is 13.0 Å². The molecule has 0 unspecified atom stereocenters. The first kappa shape index (κ1) is 13.3. The van der Waals surface area contributed by atoms with Gasteiger partial charge in [0, 0.05) is 6.54 Å². The summed E-state index contributed by atoms with van der Waals surface area (Å²) in [6.07, 6.45) is 6.75. The van der Waals surface area contributed by atoms with Gasteiger partial charge in [0.2, 0.25) is 0 Å². The molecule has 1 nitrogen and oxygen atoms in total. The molecule has 0 radical (unpaired) electrons. The van der Waals surface area contributed by atoms with Gasteiger partial charge in [0.1, 0.15) is 0 Å². The van der Waals surface area contributed by atoms with Gasteiger partial charge in [-0.1, -0.05) is 66.7 Å².